The van der Waals surface area contributed by atoms with Crippen molar-refractivity contribution in [1.29, 1.82) is 0 Å². The molecule has 4 nitrogen and oxygen atoms in total. The van der Waals surface area contributed by atoms with E-state index in [2.05, 4.69) is 0 Å². The predicted octanol–water partition coefficient (Wildman–Crippen LogP) is 2.96. The van der Waals surface area contributed by atoms with Crippen LogP contribution >= 0.6 is 10.7 Å². The van der Waals surface area contributed by atoms with Crippen LogP contribution in [0.1, 0.15) is 30.6 Å². The number of halogens is 2. The SMILES string of the molecule is CC(C)CCOC(=O)c1ccc(F)c(S(=O)(=O)Cl)c1. The van der Waals surface area contributed by atoms with Crippen LogP contribution in [0.4, 0.5) is 4.39 Å². The second kappa shape index (κ2) is 6.34. The summed E-state index contributed by atoms with van der Waals surface area (Å²) in [6.45, 7) is 4.17. The Bertz CT molecular complexity index is 569. The fourth-order valence-corrected chi connectivity index (χ4v) is 2.21. The highest BCUT2D eigenvalue weighted by atomic mass is 35.7. The first-order valence-corrected chi connectivity index (χ1v) is 7.94. The topological polar surface area (TPSA) is 60.4 Å². The fourth-order valence-electron chi connectivity index (χ4n) is 1.29. The van der Waals surface area contributed by atoms with Crippen LogP contribution in [0.5, 0.6) is 0 Å². The normalized spacial score (nSPS) is 11.6. The van der Waals surface area contributed by atoms with Crippen molar-refractivity contribution in [3.8, 4) is 0 Å². The van der Waals surface area contributed by atoms with E-state index in [-0.39, 0.29) is 12.2 Å². The minimum Gasteiger partial charge on any atom is -0.462 e. The van der Waals surface area contributed by atoms with Crippen molar-refractivity contribution in [3.63, 3.8) is 0 Å². The van der Waals surface area contributed by atoms with Gasteiger partial charge in [-0.1, -0.05) is 13.8 Å². The molecule has 0 aliphatic carbocycles. The zero-order chi connectivity index (χ0) is 14.6. The molecule has 1 aromatic carbocycles. The third-order valence-corrected chi connectivity index (χ3v) is 3.69. The van der Waals surface area contributed by atoms with E-state index in [1.165, 1.54) is 0 Å². The van der Waals surface area contributed by atoms with E-state index >= 15 is 0 Å². The maximum Gasteiger partial charge on any atom is 0.338 e. The molecule has 1 aromatic rings. The standard InChI is InChI=1S/C12H14ClFO4S/c1-8(2)5-6-18-12(15)9-3-4-10(14)11(7-9)19(13,16)17/h3-4,7-8H,5-6H2,1-2H3. The first-order chi connectivity index (χ1) is 8.71. The molecule has 0 aromatic heterocycles. The van der Waals surface area contributed by atoms with Crippen molar-refractivity contribution < 1.29 is 22.3 Å². The minimum atomic E-state index is -4.23. The lowest BCUT2D eigenvalue weighted by Gasteiger charge is -2.07. The Morgan fingerprint density at radius 2 is 2.05 bits per heavy atom. The largest absolute Gasteiger partial charge is 0.462 e. The van der Waals surface area contributed by atoms with Gasteiger partial charge in [-0.3, -0.25) is 0 Å². The first-order valence-electron chi connectivity index (χ1n) is 5.63. The van der Waals surface area contributed by atoms with Crippen molar-refractivity contribution in [2.45, 2.75) is 25.2 Å². The summed E-state index contributed by atoms with van der Waals surface area (Å²) < 4.78 is 40.4. The van der Waals surface area contributed by atoms with Crippen molar-refractivity contribution in [2.75, 3.05) is 6.61 Å². The van der Waals surface area contributed by atoms with Crippen LogP contribution in [0.3, 0.4) is 0 Å². The van der Waals surface area contributed by atoms with Crippen LogP contribution in [0, 0.1) is 11.7 Å². The van der Waals surface area contributed by atoms with Crippen LogP contribution in [0.25, 0.3) is 0 Å². The van der Waals surface area contributed by atoms with Gasteiger partial charge < -0.3 is 4.74 Å². The number of esters is 1. The summed E-state index contributed by atoms with van der Waals surface area (Å²) in [7, 11) is 0.832. The van der Waals surface area contributed by atoms with E-state index in [9.17, 15) is 17.6 Å². The average Bonchev–Trinajstić information content (AvgIpc) is 2.27. The lowest BCUT2D eigenvalue weighted by Crippen LogP contribution is -2.09. The predicted molar refractivity (Wildman–Crippen MR) is 69.2 cm³/mol. The van der Waals surface area contributed by atoms with Crippen LogP contribution in [-0.4, -0.2) is 21.0 Å². The molecule has 19 heavy (non-hydrogen) atoms. The summed E-state index contributed by atoms with van der Waals surface area (Å²) in [5.41, 5.74) is -0.0515. The van der Waals surface area contributed by atoms with Gasteiger partial charge in [-0.05, 0) is 30.5 Å². The summed E-state index contributed by atoms with van der Waals surface area (Å²) in [5.74, 6) is -1.34. The molecule has 0 fully saturated rings. The van der Waals surface area contributed by atoms with E-state index < -0.39 is 25.7 Å². The molecule has 1 rings (SSSR count). The second-order valence-electron chi connectivity index (χ2n) is 4.40. The number of carbonyl (C=O) groups is 1. The molecule has 0 radical (unpaired) electrons. The number of rotatable bonds is 5. The lowest BCUT2D eigenvalue weighted by molar-refractivity contribution is 0.0487. The number of carbonyl (C=O) groups excluding carboxylic acids is 1. The molecule has 0 aliphatic rings. The highest BCUT2D eigenvalue weighted by Crippen LogP contribution is 2.20. The third-order valence-electron chi connectivity index (χ3n) is 2.36. The molecule has 7 heteroatoms. The molecule has 0 amide bonds. The number of hydrogen-bond acceptors (Lipinski definition) is 4. The molecular weight excluding hydrogens is 295 g/mol. The summed E-state index contributed by atoms with van der Waals surface area (Å²) in [6.07, 6.45) is 0.688. The van der Waals surface area contributed by atoms with Gasteiger partial charge in [0.25, 0.3) is 9.05 Å². The summed E-state index contributed by atoms with van der Waals surface area (Å²) in [4.78, 5) is 10.9. The van der Waals surface area contributed by atoms with Gasteiger partial charge in [-0.15, -0.1) is 0 Å². The van der Waals surface area contributed by atoms with Crippen LogP contribution in [0.15, 0.2) is 23.1 Å². The average molecular weight is 309 g/mol. The number of ether oxygens (including phenoxy) is 1. The Morgan fingerprint density at radius 1 is 1.42 bits per heavy atom. The van der Waals surface area contributed by atoms with Crippen LogP contribution in [-0.2, 0) is 13.8 Å². The molecule has 0 saturated heterocycles. The smallest absolute Gasteiger partial charge is 0.338 e. The summed E-state index contributed by atoms with van der Waals surface area (Å²) in [6, 6.07) is 2.89. The minimum absolute atomic E-state index is 0.0515. The maximum absolute atomic E-state index is 13.3. The molecular formula is C12H14ClFO4S. The van der Waals surface area contributed by atoms with Gasteiger partial charge in [0, 0.05) is 10.7 Å². The van der Waals surface area contributed by atoms with Gasteiger partial charge in [-0.25, -0.2) is 17.6 Å². The molecule has 0 aliphatic heterocycles. The molecule has 0 N–H and O–H groups in total. The molecule has 0 atom stereocenters. The van der Waals surface area contributed by atoms with Gasteiger partial charge in [0.05, 0.1) is 12.2 Å². The van der Waals surface area contributed by atoms with Crippen molar-refractivity contribution >= 4 is 25.7 Å². The monoisotopic (exact) mass is 308 g/mol. The summed E-state index contributed by atoms with van der Waals surface area (Å²) >= 11 is 0. The van der Waals surface area contributed by atoms with E-state index in [1.807, 2.05) is 13.8 Å². The quantitative estimate of drug-likeness (QED) is 0.620. The van der Waals surface area contributed by atoms with Crippen molar-refractivity contribution in [2.24, 2.45) is 5.92 Å². The third kappa shape index (κ3) is 4.80. The molecule has 0 saturated carbocycles. The Kier molecular flexibility index (Phi) is 5.31. The molecule has 106 valence electrons. The van der Waals surface area contributed by atoms with Gasteiger partial charge in [0.15, 0.2) is 0 Å². The van der Waals surface area contributed by atoms with Gasteiger partial charge in [0.2, 0.25) is 0 Å². The van der Waals surface area contributed by atoms with Gasteiger partial charge in [-0.2, -0.15) is 0 Å². The summed E-state index contributed by atoms with van der Waals surface area (Å²) in [5, 5.41) is 0. The fraction of sp³-hybridized carbons (Fsp3) is 0.417. The Labute approximate surface area is 115 Å². The Balaban J connectivity index is 2.88. The lowest BCUT2D eigenvalue weighted by atomic mass is 10.1. The first kappa shape index (κ1) is 15.9. The van der Waals surface area contributed by atoms with Crippen LogP contribution < -0.4 is 0 Å². The van der Waals surface area contributed by atoms with Crippen molar-refractivity contribution in [1.82, 2.24) is 0 Å². The molecule has 0 bridgehead atoms. The van der Waals surface area contributed by atoms with E-state index in [1.54, 1.807) is 0 Å². The zero-order valence-corrected chi connectivity index (χ0v) is 12.1. The Hall–Kier alpha value is -1.14. The second-order valence-corrected chi connectivity index (χ2v) is 6.94. The maximum atomic E-state index is 13.3. The Morgan fingerprint density at radius 3 is 2.58 bits per heavy atom. The van der Waals surface area contributed by atoms with Gasteiger partial charge >= 0.3 is 5.97 Å². The van der Waals surface area contributed by atoms with Crippen molar-refractivity contribution in [3.05, 3.63) is 29.6 Å². The van der Waals surface area contributed by atoms with E-state index in [0.29, 0.717) is 12.3 Å². The molecule has 0 spiro atoms. The number of benzene rings is 1. The van der Waals surface area contributed by atoms with Gasteiger partial charge in [0.1, 0.15) is 10.7 Å². The van der Waals surface area contributed by atoms with E-state index in [0.717, 1.165) is 18.2 Å². The molecule has 0 unspecified atom stereocenters. The highest BCUT2D eigenvalue weighted by Gasteiger charge is 2.19. The van der Waals surface area contributed by atoms with E-state index in [4.69, 9.17) is 15.4 Å². The zero-order valence-electron chi connectivity index (χ0n) is 10.5. The highest BCUT2D eigenvalue weighted by molar-refractivity contribution is 8.13. The van der Waals surface area contributed by atoms with Crippen LogP contribution in [0.2, 0.25) is 0 Å². The molecule has 0 heterocycles. The number of hydrogen-bond donors (Lipinski definition) is 0.